The fraction of sp³-hybridized carbons (Fsp3) is 0.783. The SMILES string of the molecule is CC(C)(C)OC(=O)NOCC(=O)NCCOCCOCCNC(=O)OC[C@@H]1CC/C=C\CCC1. The van der Waals surface area contributed by atoms with Gasteiger partial charge < -0.3 is 29.6 Å². The van der Waals surface area contributed by atoms with Gasteiger partial charge >= 0.3 is 12.2 Å². The predicted octanol–water partition coefficient (Wildman–Crippen LogP) is 2.45. The van der Waals surface area contributed by atoms with Crippen molar-refractivity contribution in [3.63, 3.8) is 0 Å². The predicted molar refractivity (Wildman–Crippen MR) is 125 cm³/mol. The maximum Gasteiger partial charge on any atom is 0.431 e. The van der Waals surface area contributed by atoms with Crippen LogP contribution in [0, 0.1) is 5.92 Å². The number of allylic oxidation sites excluding steroid dienone is 2. The van der Waals surface area contributed by atoms with E-state index in [4.69, 9.17) is 23.8 Å². The monoisotopic (exact) mass is 487 g/mol. The first kappa shape index (κ1) is 29.7. The third-order valence-electron chi connectivity index (χ3n) is 4.56. The van der Waals surface area contributed by atoms with Crippen LogP contribution in [0.1, 0.15) is 52.9 Å². The third kappa shape index (κ3) is 18.1. The number of carbonyl (C=O) groups excluding carboxylic acids is 3. The van der Waals surface area contributed by atoms with Crippen LogP contribution in [0.3, 0.4) is 0 Å². The van der Waals surface area contributed by atoms with Crippen LogP contribution in [0.2, 0.25) is 0 Å². The molecule has 1 aliphatic rings. The lowest BCUT2D eigenvalue weighted by Gasteiger charge is -2.19. The van der Waals surface area contributed by atoms with Crippen LogP contribution >= 0.6 is 0 Å². The summed E-state index contributed by atoms with van der Waals surface area (Å²) >= 11 is 0. The molecule has 0 aliphatic heterocycles. The molecule has 0 heterocycles. The van der Waals surface area contributed by atoms with Crippen LogP contribution in [0.5, 0.6) is 0 Å². The number of amides is 3. The Morgan fingerprint density at radius 3 is 2.26 bits per heavy atom. The molecule has 1 atom stereocenters. The topological polar surface area (TPSA) is 133 Å². The number of nitrogens with one attached hydrogen (secondary N) is 3. The van der Waals surface area contributed by atoms with E-state index in [1.165, 1.54) is 0 Å². The van der Waals surface area contributed by atoms with E-state index < -0.39 is 23.7 Å². The molecule has 0 saturated carbocycles. The zero-order valence-electron chi connectivity index (χ0n) is 20.7. The van der Waals surface area contributed by atoms with E-state index in [-0.39, 0.29) is 6.61 Å². The molecular weight excluding hydrogens is 446 g/mol. The van der Waals surface area contributed by atoms with Gasteiger partial charge in [-0.2, -0.15) is 5.48 Å². The van der Waals surface area contributed by atoms with Crippen molar-refractivity contribution in [2.24, 2.45) is 5.92 Å². The Balaban J connectivity index is 1.87. The summed E-state index contributed by atoms with van der Waals surface area (Å²) in [6, 6.07) is 0. The first-order chi connectivity index (χ1) is 16.3. The minimum atomic E-state index is -0.765. The van der Waals surface area contributed by atoms with E-state index in [9.17, 15) is 14.4 Å². The van der Waals surface area contributed by atoms with E-state index in [0.717, 1.165) is 32.1 Å². The molecule has 11 heteroatoms. The number of hydrogen-bond acceptors (Lipinski definition) is 8. The highest BCUT2D eigenvalue weighted by atomic mass is 16.7. The van der Waals surface area contributed by atoms with Gasteiger partial charge in [0, 0.05) is 13.1 Å². The molecule has 0 aromatic rings. The van der Waals surface area contributed by atoms with E-state index in [1.54, 1.807) is 20.8 Å². The van der Waals surface area contributed by atoms with Gasteiger partial charge in [0.15, 0.2) is 6.61 Å². The van der Waals surface area contributed by atoms with Crippen LogP contribution in [0.4, 0.5) is 9.59 Å². The summed E-state index contributed by atoms with van der Waals surface area (Å²) in [6.07, 6.45) is 8.65. The van der Waals surface area contributed by atoms with E-state index in [2.05, 4.69) is 22.8 Å². The molecule has 0 unspecified atom stereocenters. The molecule has 1 rings (SSSR count). The van der Waals surface area contributed by atoms with Gasteiger partial charge in [-0.25, -0.2) is 9.59 Å². The lowest BCUT2D eigenvalue weighted by atomic mass is 9.95. The van der Waals surface area contributed by atoms with Gasteiger partial charge in [-0.15, -0.1) is 0 Å². The quantitative estimate of drug-likeness (QED) is 0.193. The number of rotatable bonds is 14. The van der Waals surface area contributed by atoms with E-state index >= 15 is 0 Å². The van der Waals surface area contributed by atoms with Gasteiger partial charge in [0.1, 0.15) is 5.60 Å². The van der Waals surface area contributed by atoms with Gasteiger partial charge in [-0.1, -0.05) is 12.2 Å². The Morgan fingerprint density at radius 2 is 1.56 bits per heavy atom. The van der Waals surface area contributed by atoms with Crippen molar-refractivity contribution < 1.29 is 38.2 Å². The second-order valence-electron chi connectivity index (χ2n) is 8.84. The molecule has 0 aromatic heterocycles. The van der Waals surface area contributed by atoms with E-state index in [1.807, 2.05) is 5.48 Å². The van der Waals surface area contributed by atoms with Gasteiger partial charge in [-0.05, 0) is 58.8 Å². The Hall–Kier alpha value is -2.37. The van der Waals surface area contributed by atoms with E-state index in [0.29, 0.717) is 52.0 Å². The molecule has 1 aliphatic carbocycles. The molecule has 0 spiro atoms. The zero-order chi connectivity index (χ0) is 25.1. The van der Waals surface area contributed by atoms with Crippen LogP contribution < -0.4 is 16.1 Å². The molecule has 0 radical (unpaired) electrons. The first-order valence-electron chi connectivity index (χ1n) is 11.8. The third-order valence-corrected chi connectivity index (χ3v) is 4.56. The van der Waals surface area contributed by atoms with Gasteiger partial charge in [0.25, 0.3) is 0 Å². The highest BCUT2D eigenvalue weighted by Crippen LogP contribution is 2.18. The summed E-state index contributed by atoms with van der Waals surface area (Å²) in [7, 11) is 0. The van der Waals surface area contributed by atoms with Crippen molar-refractivity contribution in [1.29, 1.82) is 0 Å². The van der Waals surface area contributed by atoms with Crippen LogP contribution in [0.15, 0.2) is 12.2 Å². The smallest absolute Gasteiger partial charge is 0.431 e. The van der Waals surface area contributed by atoms with Crippen LogP contribution in [-0.2, 0) is 28.6 Å². The molecule has 0 aromatic carbocycles. The maximum absolute atomic E-state index is 11.8. The summed E-state index contributed by atoms with van der Waals surface area (Å²) in [5.41, 5.74) is 1.38. The number of carbonyl (C=O) groups is 3. The summed E-state index contributed by atoms with van der Waals surface area (Å²) in [5.74, 6) is 0.0237. The highest BCUT2D eigenvalue weighted by molar-refractivity contribution is 5.77. The van der Waals surface area contributed by atoms with Crippen LogP contribution in [-0.4, -0.2) is 76.4 Å². The fourth-order valence-electron chi connectivity index (χ4n) is 2.97. The Bertz CT molecular complexity index is 622. The minimum Gasteiger partial charge on any atom is -0.449 e. The number of hydroxylamine groups is 1. The number of ether oxygens (including phenoxy) is 4. The van der Waals surface area contributed by atoms with Gasteiger partial charge in [0.2, 0.25) is 5.91 Å². The molecule has 0 saturated heterocycles. The van der Waals surface area contributed by atoms with Crippen LogP contribution in [0.25, 0.3) is 0 Å². The normalized spacial score (nSPS) is 17.1. The molecule has 3 amide bonds. The van der Waals surface area contributed by atoms with Crippen molar-refractivity contribution in [3.8, 4) is 0 Å². The van der Waals surface area contributed by atoms with Crippen molar-refractivity contribution in [2.75, 3.05) is 52.7 Å². The molecule has 3 N–H and O–H groups in total. The molecule has 11 nitrogen and oxygen atoms in total. The molecular formula is C23H41N3O8. The van der Waals surface area contributed by atoms with Crippen molar-refractivity contribution in [2.45, 2.75) is 58.5 Å². The largest absolute Gasteiger partial charge is 0.449 e. The van der Waals surface area contributed by atoms with Crippen molar-refractivity contribution in [1.82, 2.24) is 16.1 Å². The summed E-state index contributed by atoms with van der Waals surface area (Å²) in [4.78, 5) is 39.5. The Morgan fingerprint density at radius 1 is 0.882 bits per heavy atom. The Labute approximate surface area is 202 Å². The second-order valence-corrected chi connectivity index (χ2v) is 8.84. The fourth-order valence-corrected chi connectivity index (χ4v) is 2.97. The maximum atomic E-state index is 11.8. The molecule has 196 valence electrons. The van der Waals surface area contributed by atoms with Gasteiger partial charge in [0.05, 0.1) is 33.0 Å². The average molecular weight is 488 g/mol. The number of hydrogen-bond donors (Lipinski definition) is 3. The number of alkyl carbamates (subject to hydrolysis) is 1. The Kier molecular flexibility index (Phi) is 15.7. The molecule has 0 fully saturated rings. The lowest BCUT2D eigenvalue weighted by Crippen LogP contribution is -2.37. The summed E-state index contributed by atoms with van der Waals surface area (Å²) in [6.45, 7) is 7.30. The lowest BCUT2D eigenvalue weighted by molar-refractivity contribution is -0.128. The second kappa shape index (κ2) is 18.0. The standard InChI is InChI=1S/C23H41N3O8/c1-23(2,3)34-22(29)26-33-18-20(27)24-11-13-30-15-16-31-14-12-25-21(28)32-17-19-9-7-5-4-6-8-10-19/h4-5,19H,6-18H2,1-3H3,(H,24,27)(H,25,28)(H,26,29)/b5-4-/t19-/m1/s1. The first-order valence-corrected chi connectivity index (χ1v) is 11.8. The molecule has 0 bridgehead atoms. The van der Waals surface area contributed by atoms with Crippen molar-refractivity contribution >= 4 is 18.1 Å². The highest BCUT2D eigenvalue weighted by Gasteiger charge is 2.16. The summed E-state index contributed by atoms with van der Waals surface area (Å²) < 4.78 is 21.0. The molecule has 34 heavy (non-hydrogen) atoms. The minimum absolute atomic E-state index is 0.291. The van der Waals surface area contributed by atoms with Crippen molar-refractivity contribution in [3.05, 3.63) is 12.2 Å². The van der Waals surface area contributed by atoms with Gasteiger partial charge in [-0.3, -0.25) is 9.63 Å². The summed E-state index contributed by atoms with van der Waals surface area (Å²) in [5, 5.41) is 5.26. The zero-order valence-corrected chi connectivity index (χ0v) is 20.7. The average Bonchev–Trinajstić information content (AvgIpc) is 2.73.